The first-order valence-corrected chi connectivity index (χ1v) is 8.26. The Kier molecular flexibility index (Phi) is 20.0. The Morgan fingerprint density at radius 2 is 0.842 bits per heavy atom. The molecule has 0 saturated carbocycles. The second-order valence-electron chi connectivity index (χ2n) is 6.33. The van der Waals surface area contributed by atoms with Gasteiger partial charge in [-0.15, -0.1) is 0 Å². The van der Waals surface area contributed by atoms with E-state index in [2.05, 4.69) is 25.9 Å². The van der Waals surface area contributed by atoms with Gasteiger partial charge in [-0.3, -0.25) is 0 Å². The molecular weight excluding hydrogens is 232 g/mol. The van der Waals surface area contributed by atoms with E-state index in [1.165, 1.54) is 70.8 Å². The molecule has 2 nitrogen and oxygen atoms in total. The van der Waals surface area contributed by atoms with E-state index in [0.717, 1.165) is 0 Å². The minimum Gasteiger partial charge on any atom is -0.312 e. The molecule has 0 aromatic carbocycles. The maximum absolute atomic E-state index is 2.28. The van der Waals surface area contributed by atoms with E-state index in [1.807, 2.05) is 26.0 Å². The van der Waals surface area contributed by atoms with Gasteiger partial charge in [-0.25, -0.2) is 0 Å². The molecule has 19 heavy (non-hydrogen) atoms. The molecule has 0 aliphatic heterocycles. The topological polar surface area (TPSA) is 6.48 Å². The van der Waals surface area contributed by atoms with Gasteiger partial charge in [0, 0.05) is 0 Å². The van der Waals surface area contributed by atoms with Crippen molar-refractivity contribution in [2.24, 2.45) is 0 Å². The summed E-state index contributed by atoms with van der Waals surface area (Å²) in [7, 11) is 10.3. The van der Waals surface area contributed by atoms with E-state index in [1.54, 1.807) is 0 Å². The molecule has 0 N–H and O–H groups in total. The van der Waals surface area contributed by atoms with Gasteiger partial charge >= 0.3 is 0 Å². The molecule has 0 spiro atoms. The highest BCUT2D eigenvalue weighted by molar-refractivity contribution is 4.49. The Bertz CT molecular complexity index is 141. The molecule has 0 bridgehead atoms. The lowest BCUT2D eigenvalue weighted by molar-refractivity contribution is 0.389. The second-order valence-corrected chi connectivity index (χ2v) is 6.33. The van der Waals surface area contributed by atoms with Crippen LogP contribution in [0.2, 0.25) is 0 Å². The standard InChI is InChI=1S/C14H31N.C3H9N/c1-4-5-6-7-8-9-10-11-12-13-14-15(2)3;1-4(2)3/h4-14H2,1-3H3;1-3H3. The summed E-state index contributed by atoms with van der Waals surface area (Å²) in [6.07, 6.45) is 14.4. The molecule has 0 aliphatic rings. The van der Waals surface area contributed by atoms with Gasteiger partial charge in [-0.05, 0) is 48.2 Å². The van der Waals surface area contributed by atoms with E-state index in [9.17, 15) is 0 Å². The van der Waals surface area contributed by atoms with Crippen LogP contribution in [-0.4, -0.2) is 51.6 Å². The molecule has 0 radical (unpaired) electrons. The molecule has 0 aromatic heterocycles. The SMILES string of the molecule is CCCCCCCCCCCCN(C)C.CN(C)C. The Hall–Kier alpha value is -0.0800. The Morgan fingerprint density at radius 3 is 1.16 bits per heavy atom. The minimum absolute atomic E-state index is 1.26. The van der Waals surface area contributed by atoms with E-state index in [-0.39, 0.29) is 0 Å². The van der Waals surface area contributed by atoms with E-state index >= 15 is 0 Å². The first-order valence-electron chi connectivity index (χ1n) is 8.26. The summed E-state index contributed by atoms with van der Waals surface area (Å²) in [5, 5.41) is 0. The normalized spacial score (nSPS) is 10.7. The van der Waals surface area contributed by atoms with E-state index < -0.39 is 0 Å². The van der Waals surface area contributed by atoms with Gasteiger partial charge < -0.3 is 9.80 Å². The van der Waals surface area contributed by atoms with Gasteiger partial charge in [0.2, 0.25) is 0 Å². The van der Waals surface area contributed by atoms with Crippen LogP contribution >= 0.6 is 0 Å². The zero-order valence-corrected chi connectivity index (χ0v) is 14.7. The zero-order valence-electron chi connectivity index (χ0n) is 14.7. The van der Waals surface area contributed by atoms with Crippen molar-refractivity contribution in [3.63, 3.8) is 0 Å². The summed E-state index contributed by atoms with van der Waals surface area (Å²) in [6.45, 7) is 3.54. The largest absolute Gasteiger partial charge is 0.312 e. The molecule has 0 aliphatic carbocycles. The molecule has 0 heterocycles. The number of unbranched alkanes of at least 4 members (excludes halogenated alkanes) is 9. The fraction of sp³-hybridized carbons (Fsp3) is 1.00. The molecule has 0 aromatic rings. The van der Waals surface area contributed by atoms with Gasteiger partial charge in [0.15, 0.2) is 0 Å². The van der Waals surface area contributed by atoms with Crippen molar-refractivity contribution in [1.29, 1.82) is 0 Å². The summed E-state index contributed by atoms with van der Waals surface area (Å²) in [5.41, 5.74) is 0. The zero-order chi connectivity index (χ0) is 14.9. The molecule has 0 fully saturated rings. The van der Waals surface area contributed by atoms with Crippen LogP contribution in [-0.2, 0) is 0 Å². The van der Waals surface area contributed by atoms with Crippen molar-refractivity contribution < 1.29 is 0 Å². The average molecular weight is 273 g/mol. The fourth-order valence-corrected chi connectivity index (χ4v) is 1.92. The maximum Gasteiger partial charge on any atom is -0.00248 e. The first-order chi connectivity index (χ1) is 9.00. The second kappa shape index (κ2) is 17.9. The molecule has 0 saturated heterocycles. The highest BCUT2D eigenvalue weighted by Crippen LogP contribution is 2.10. The Balaban J connectivity index is 0. The van der Waals surface area contributed by atoms with Crippen LogP contribution in [0.4, 0.5) is 0 Å². The lowest BCUT2D eigenvalue weighted by Crippen LogP contribution is -2.12. The molecule has 118 valence electrons. The van der Waals surface area contributed by atoms with Gasteiger partial charge in [-0.2, -0.15) is 0 Å². The van der Waals surface area contributed by atoms with Gasteiger partial charge in [0.25, 0.3) is 0 Å². The summed E-state index contributed by atoms with van der Waals surface area (Å²) >= 11 is 0. The molecular formula is C17H40N2. The summed E-state index contributed by atoms with van der Waals surface area (Å²) in [4.78, 5) is 4.28. The molecule has 0 atom stereocenters. The van der Waals surface area contributed by atoms with Crippen LogP contribution in [0, 0.1) is 0 Å². The maximum atomic E-state index is 2.28. The van der Waals surface area contributed by atoms with Gasteiger partial charge in [0.05, 0.1) is 0 Å². The van der Waals surface area contributed by atoms with E-state index in [0.29, 0.717) is 0 Å². The van der Waals surface area contributed by atoms with Crippen molar-refractivity contribution in [2.45, 2.75) is 71.1 Å². The van der Waals surface area contributed by atoms with Crippen molar-refractivity contribution in [3.8, 4) is 0 Å². The predicted molar refractivity (Wildman–Crippen MR) is 90.0 cm³/mol. The van der Waals surface area contributed by atoms with Crippen LogP contribution in [0.5, 0.6) is 0 Å². The monoisotopic (exact) mass is 272 g/mol. The van der Waals surface area contributed by atoms with Crippen LogP contribution in [0.25, 0.3) is 0 Å². The van der Waals surface area contributed by atoms with Crippen molar-refractivity contribution in [2.75, 3.05) is 41.8 Å². The third-order valence-electron chi connectivity index (χ3n) is 2.96. The Morgan fingerprint density at radius 1 is 0.526 bits per heavy atom. The first kappa shape index (κ1) is 21.2. The third kappa shape index (κ3) is 32.0. The number of nitrogens with zero attached hydrogens (tertiary/aromatic N) is 2. The van der Waals surface area contributed by atoms with E-state index in [4.69, 9.17) is 0 Å². The smallest absolute Gasteiger partial charge is 0.00248 e. The van der Waals surface area contributed by atoms with Crippen LogP contribution < -0.4 is 0 Å². The summed E-state index contributed by atoms with van der Waals surface area (Å²) in [5.74, 6) is 0. The summed E-state index contributed by atoms with van der Waals surface area (Å²) in [6, 6.07) is 0. The minimum atomic E-state index is 1.26. The highest BCUT2D eigenvalue weighted by atomic mass is 15.0. The summed E-state index contributed by atoms with van der Waals surface area (Å²) < 4.78 is 0. The lowest BCUT2D eigenvalue weighted by atomic mass is 10.1. The average Bonchev–Trinajstić information content (AvgIpc) is 2.30. The molecule has 0 amide bonds. The Labute approximate surface area is 123 Å². The van der Waals surface area contributed by atoms with Crippen LogP contribution in [0.1, 0.15) is 71.1 Å². The molecule has 0 unspecified atom stereocenters. The predicted octanol–water partition coefficient (Wildman–Crippen LogP) is 4.65. The van der Waals surface area contributed by atoms with Crippen LogP contribution in [0.3, 0.4) is 0 Å². The molecule has 0 rings (SSSR count). The number of hydrogen-bond donors (Lipinski definition) is 0. The number of rotatable bonds is 11. The lowest BCUT2D eigenvalue weighted by Gasteiger charge is -2.08. The molecule has 2 heteroatoms. The van der Waals surface area contributed by atoms with Crippen molar-refractivity contribution in [1.82, 2.24) is 9.80 Å². The van der Waals surface area contributed by atoms with Gasteiger partial charge in [-0.1, -0.05) is 64.7 Å². The quantitative estimate of drug-likeness (QED) is 0.505. The van der Waals surface area contributed by atoms with Crippen LogP contribution in [0.15, 0.2) is 0 Å². The highest BCUT2D eigenvalue weighted by Gasteiger charge is 1.93. The third-order valence-corrected chi connectivity index (χ3v) is 2.96. The number of hydrogen-bond acceptors (Lipinski definition) is 2. The van der Waals surface area contributed by atoms with Crippen molar-refractivity contribution >= 4 is 0 Å². The van der Waals surface area contributed by atoms with Gasteiger partial charge in [0.1, 0.15) is 0 Å². The fourth-order valence-electron chi connectivity index (χ4n) is 1.92. The van der Waals surface area contributed by atoms with Crippen molar-refractivity contribution in [3.05, 3.63) is 0 Å².